The van der Waals surface area contributed by atoms with Crippen molar-refractivity contribution in [2.75, 3.05) is 6.54 Å². The number of esters is 1. The number of ether oxygens (including phenoxy) is 1. The highest BCUT2D eigenvalue weighted by atomic mass is 16.5. The van der Waals surface area contributed by atoms with Crippen molar-refractivity contribution in [3.05, 3.63) is 34.9 Å². The van der Waals surface area contributed by atoms with Crippen LogP contribution in [0.15, 0.2) is 18.2 Å². The Morgan fingerprint density at radius 1 is 1.44 bits per heavy atom. The Kier molecular flexibility index (Phi) is 2.91. The van der Waals surface area contributed by atoms with E-state index in [1.165, 1.54) is 0 Å². The van der Waals surface area contributed by atoms with Gasteiger partial charge in [0.25, 0.3) is 0 Å². The highest BCUT2D eigenvalue weighted by Gasteiger charge is 2.24. The van der Waals surface area contributed by atoms with Gasteiger partial charge in [-0.2, -0.15) is 0 Å². The summed E-state index contributed by atoms with van der Waals surface area (Å²) in [7, 11) is 0. The van der Waals surface area contributed by atoms with Crippen LogP contribution in [0.5, 0.6) is 0 Å². The minimum Gasteiger partial charge on any atom is -0.457 e. The third-order valence-corrected chi connectivity index (χ3v) is 2.66. The van der Waals surface area contributed by atoms with Gasteiger partial charge in [-0.1, -0.05) is 6.07 Å². The monoisotopic (exact) mass is 223 g/mol. The van der Waals surface area contributed by atoms with Crippen molar-refractivity contribution in [1.29, 1.82) is 0 Å². The Hall–Kier alpha value is -1.43. The number of cyclic esters (lactones) is 1. The smallest absolute Gasteiger partial charge is 0.338 e. The van der Waals surface area contributed by atoms with Crippen LogP contribution in [0.2, 0.25) is 0 Å². The molecule has 0 saturated carbocycles. The van der Waals surface area contributed by atoms with E-state index in [9.17, 15) is 15.0 Å². The fourth-order valence-electron chi connectivity index (χ4n) is 1.69. The van der Waals surface area contributed by atoms with Crippen molar-refractivity contribution >= 4 is 5.97 Å². The zero-order valence-electron chi connectivity index (χ0n) is 8.59. The van der Waals surface area contributed by atoms with Gasteiger partial charge in [0.2, 0.25) is 0 Å². The van der Waals surface area contributed by atoms with Crippen molar-refractivity contribution in [3.8, 4) is 0 Å². The number of carbonyl (C=O) groups is 1. The summed E-state index contributed by atoms with van der Waals surface area (Å²) in [5.41, 5.74) is 7.03. The maximum absolute atomic E-state index is 11.2. The number of hydrogen-bond donors (Lipinski definition) is 3. The molecule has 0 saturated heterocycles. The normalized spacial score (nSPS) is 17.8. The minimum atomic E-state index is -1.04. The molecular formula is C11H13NO4. The molecule has 1 aliphatic heterocycles. The maximum atomic E-state index is 11.2. The van der Waals surface area contributed by atoms with E-state index in [-0.39, 0.29) is 19.1 Å². The quantitative estimate of drug-likeness (QED) is 0.612. The number of aliphatic hydroxyl groups is 2. The first-order valence-corrected chi connectivity index (χ1v) is 4.99. The Balaban J connectivity index is 2.28. The Morgan fingerprint density at radius 3 is 2.88 bits per heavy atom. The van der Waals surface area contributed by atoms with E-state index in [0.29, 0.717) is 11.1 Å². The number of carbonyl (C=O) groups excluding carboxylic acids is 1. The van der Waals surface area contributed by atoms with Crippen LogP contribution in [-0.4, -0.2) is 28.8 Å². The van der Waals surface area contributed by atoms with Crippen LogP contribution < -0.4 is 5.73 Å². The molecule has 2 atom stereocenters. The number of nitrogens with two attached hydrogens (primary N) is 1. The van der Waals surface area contributed by atoms with Crippen LogP contribution in [0.1, 0.15) is 27.6 Å². The summed E-state index contributed by atoms with van der Waals surface area (Å²) < 4.78 is 4.84. The van der Waals surface area contributed by atoms with E-state index in [1.54, 1.807) is 18.2 Å². The van der Waals surface area contributed by atoms with Gasteiger partial charge in [-0.25, -0.2) is 4.79 Å². The van der Waals surface area contributed by atoms with Crippen LogP contribution in [-0.2, 0) is 11.3 Å². The summed E-state index contributed by atoms with van der Waals surface area (Å²) in [5.74, 6) is -0.351. The molecule has 86 valence electrons. The third kappa shape index (κ3) is 1.80. The van der Waals surface area contributed by atoms with Crippen LogP contribution in [0.3, 0.4) is 0 Å². The molecule has 1 aromatic rings. The van der Waals surface area contributed by atoms with Crippen molar-refractivity contribution in [2.45, 2.75) is 18.8 Å². The lowest BCUT2D eigenvalue weighted by Crippen LogP contribution is -2.27. The molecule has 0 amide bonds. The second-order valence-corrected chi connectivity index (χ2v) is 3.74. The first-order chi connectivity index (χ1) is 7.63. The molecule has 1 aromatic carbocycles. The van der Waals surface area contributed by atoms with Gasteiger partial charge in [-0.05, 0) is 17.7 Å². The topological polar surface area (TPSA) is 92.8 Å². The molecule has 0 aliphatic carbocycles. The average molecular weight is 223 g/mol. The fraction of sp³-hybridized carbons (Fsp3) is 0.364. The molecule has 0 bridgehead atoms. The molecule has 0 radical (unpaired) electrons. The lowest BCUT2D eigenvalue weighted by atomic mass is 9.99. The van der Waals surface area contributed by atoms with Crippen LogP contribution >= 0.6 is 0 Å². The van der Waals surface area contributed by atoms with Crippen molar-refractivity contribution in [1.82, 2.24) is 0 Å². The molecule has 5 heteroatoms. The summed E-state index contributed by atoms with van der Waals surface area (Å²) in [6, 6.07) is 4.84. The first kappa shape index (κ1) is 11.1. The number of fused-ring (bicyclic) bond motifs is 1. The van der Waals surface area contributed by atoms with Gasteiger partial charge in [-0.3, -0.25) is 0 Å². The summed E-state index contributed by atoms with van der Waals surface area (Å²) in [5, 5.41) is 19.1. The second-order valence-electron chi connectivity index (χ2n) is 3.74. The number of hydrogen-bond acceptors (Lipinski definition) is 5. The fourth-order valence-corrected chi connectivity index (χ4v) is 1.69. The van der Waals surface area contributed by atoms with Gasteiger partial charge in [0.15, 0.2) is 0 Å². The number of aliphatic hydroxyl groups excluding tert-OH is 2. The summed E-state index contributed by atoms with van der Waals surface area (Å²) >= 11 is 0. The minimum absolute atomic E-state index is 0.0202. The van der Waals surface area contributed by atoms with E-state index < -0.39 is 12.2 Å². The van der Waals surface area contributed by atoms with Crippen LogP contribution in [0.4, 0.5) is 0 Å². The zero-order valence-corrected chi connectivity index (χ0v) is 8.59. The largest absolute Gasteiger partial charge is 0.457 e. The van der Waals surface area contributed by atoms with Crippen molar-refractivity contribution < 1.29 is 19.7 Å². The summed E-state index contributed by atoms with van der Waals surface area (Å²) in [6.45, 7) is 0.196. The van der Waals surface area contributed by atoms with Crippen LogP contribution in [0.25, 0.3) is 0 Å². The highest BCUT2D eigenvalue weighted by Crippen LogP contribution is 2.25. The van der Waals surface area contributed by atoms with Gasteiger partial charge < -0.3 is 20.7 Å². The van der Waals surface area contributed by atoms with E-state index in [0.717, 1.165) is 5.56 Å². The van der Waals surface area contributed by atoms with Gasteiger partial charge in [0.1, 0.15) is 12.7 Å². The molecule has 16 heavy (non-hydrogen) atoms. The SMILES string of the molecule is NCC(O)C(O)c1ccc2c(c1)COC2=O. The molecule has 1 aliphatic rings. The van der Waals surface area contributed by atoms with E-state index in [1.807, 2.05) is 0 Å². The second kappa shape index (κ2) is 4.21. The van der Waals surface area contributed by atoms with E-state index >= 15 is 0 Å². The highest BCUT2D eigenvalue weighted by molar-refractivity contribution is 5.93. The molecule has 0 spiro atoms. The molecular weight excluding hydrogens is 210 g/mol. The number of rotatable bonds is 3. The predicted octanol–water partition coefficient (Wildman–Crippen LogP) is -0.290. The van der Waals surface area contributed by atoms with Crippen molar-refractivity contribution in [2.24, 2.45) is 5.73 Å². The molecule has 5 nitrogen and oxygen atoms in total. The molecule has 0 aromatic heterocycles. The predicted molar refractivity (Wildman–Crippen MR) is 55.6 cm³/mol. The number of benzene rings is 1. The Labute approximate surface area is 92.5 Å². The van der Waals surface area contributed by atoms with E-state index in [2.05, 4.69) is 0 Å². The Morgan fingerprint density at radius 2 is 2.19 bits per heavy atom. The zero-order chi connectivity index (χ0) is 11.7. The Bertz CT molecular complexity index is 418. The maximum Gasteiger partial charge on any atom is 0.338 e. The van der Waals surface area contributed by atoms with Crippen molar-refractivity contribution in [3.63, 3.8) is 0 Å². The first-order valence-electron chi connectivity index (χ1n) is 4.99. The summed E-state index contributed by atoms with van der Waals surface area (Å²) in [6.07, 6.45) is -2.04. The van der Waals surface area contributed by atoms with E-state index in [4.69, 9.17) is 10.5 Å². The molecule has 0 fully saturated rings. The van der Waals surface area contributed by atoms with Gasteiger partial charge in [-0.15, -0.1) is 0 Å². The molecule has 1 heterocycles. The van der Waals surface area contributed by atoms with Gasteiger partial charge in [0.05, 0.1) is 11.7 Å². The molecule has 2 unspecified atom stereocenters. The molecule has 4 N–H and O–H groups in total. The van der Waals surface area contributed by atoms with Crippen LogP contribution in [0, 0.1) is 0 Å². The lowest BCUT2D eigenvalue weighted by molar-refractivity contribution is 0.0243. The van der Waals surface area contributed by atoms with Gasteiger partial charge >= 0.3 is 5.97 Å². The third-order valence-electron chi connectivity index (χ3n) is 2.66. The standard InChI is InChI=1S/C11H13NO4/c12-4-9(13)10(14)6-1-2-8-7(3-6)5-16-11(8)15/h1-3,9-10,13-14H,4-5,12H2. The summed E-state index contributed by atoms with van der Waals surface area (Å²) in [4.78, 5) is 11.2. The average Bonchev–Trinajstić information content (AvgIpc) is 2.68. The lowest BCUT2D eigenvalue weighted by Gasteiger charge is -2.16. The molecule has 2 rings (SSSR count). The van der Waals surface area contributed by atoms with Gasteiger partial charge in [0, 0.05) is 12.1 Å².